The predicted octanol–water partition coefficient (Wildman–Crippen LogP) is -1.72. The average Bonchev–Trinajstić information content (AvgIpc) is 2.98. The summed E-state index contributed by atoms with van der Waals surface area (Å²) in [6, 6.07) is 4.87. The monoisotopic (exact) mass is 348 g/mol. The van der Waals surface area contributed by atoms with Crippen LogP contribution in [0.3, 0.4) is 0 Å². The number of tetrazole rings is 1. The van der Waals surface area contributed by atoms with Crippen molar-refractivity contribution in [1.29, 1.82) is 0 Å². The van der Waals surface area contributed by atoms with E-state index >= 15 is 0 Å². The number of hydrazone groups is 1. The number of methoxy groups -OCH3 is 1. The lowest BCUT2D eigenvalue weighted by Crippen LogP contribution is -2.24. The molecule has 0 unspecified atom stereocenters. The topological polar surface area (TPSA) is 173 Å². The number of carbonyl (C=O) groups excluding carboxylic acids is 2. The van der Waals surface area contributed by atoms with Crippen LogP contribution in [0.25, 0.3) is 0 Å². The zero-order chi connectivity index (χ0) is 18.2. The number of amides is 2. The first kappa shape index (κ1) is 17.7. The van der Waals surface area contributed by atoms with E-state index in [1.165, 1.54) is 13.3 Å². The standard InChI is InChI=1S/C13H16N8O4/c1-24-10-4-8(2-3-9(10)25-7-11(14)22)5-16-17-12(23)6-21-19-13(15)18-20-21/h2-5H,6-7H2,1H3,(H2,14,22)(H2,15,19)(H,17,23)/b16-5+. The lowest BCUT2D eigenvalue weighted by atomic mass is 10.2. The average molecular weight is 348 g/mol. The van der Waals surface area contributed by atoms with Crippen molar-refractivity contribution in [2.45, 2.75) is 6.54 Å². The summed E-state index contributed by atoms with van der Waals surface area (Å²) in [5.74, 6) is -0.334. The fraction of sp³-hybridized carbons (Fsp3) is 0.231. The maximum absolute atomic E-state index is 11.7. The van der Waals surface area contributed by atoms with Crippen molar-refractivity contribution >= 4 is 24.0 Å². The molecule has 2 aromatic rings. The molecule has 0 aliphatic heterocycles. The molecule has 1 aromatic heterocycles. The second kappa shape index (κ2) is 8.24. The molecule has 0 fully saturated rings. The van der Waals surface area contributed by atoms with Gasteiger partial charge in [-0.15, -0.1) is 5.10 Å². The Labute approximate surface area is 141 Å². The molecule has 0 saturated heterocycles. The largest absolute Gasteiger partial charge is 0.493 e. The second-order valence-corrected chi connectivity index (χ2v) is 4.64. The number of carbonyl (C=O) groups is 2. The molecule has 1 aromatic carbocycles. The number of hydrogen-bond donors (Lipinski definition) is 3. The van der Waals surface area contributed by atoms with Gasteiger partial charge in [0.05, 0.1) is 13.3 Å². The number of aromatic nitrogens is 4. The molecule has 1 heterocycles. The molecule has 0 radical (unpaired) electrons. The molecule has 0 spiro atoms. The highest BCUT2D eigenvalue weighted by atomic mass is 16.5. The fourth-order valence-electron chi connectivity index (χ4n) is 1.70. The van der Waals surface area contributed by atoms with E-state index in [1.807, 2.05) is 0 Å². The number of nitrogen functional groups attached to an aromatic ring is 1. The van der Waals surface area contributed by atoms with Crippen LogP contribution >= 0.6 is 0 Å². The lowest BCUT2D eigenvalue weighted by Gasteiger charge is -2.09. The summed E-state index contributed by atoms with van der Waals surface area (Å²) < 4.78 is 10.4. The molecular weight excluding hydrogens is 332 g/mol. The van der Waals surface area contributed by atoms with Gasteiger partial charge in [-0.3, -0.25) is 9.59 Å². The van der Waals surface area contributed by atoms with Gasteiger partial charge in [0.25, 0.3) is 17.8 Å². The Bertz CT molecular complexity index is 788. The summed E-state index contributed by atoms with van der Waals surface area (Å²) in [6.45, 7) is -0.439. The lowest BCUT2D eigenvalue weighted by molar-refractivity contribution is -0.122. The first-order chi connectivity index (χ1) is 12.0. The van der Waals surface area contributed by atoms with Crippen molar-refractivity contribution < 1.29 is 19.1 Å². The van der Waals surface area contributed by atoms with Gasteiger partial charge in [0.2, 0.25) is 0 Å². The number of hydrogen-bond acceptors (Lipinski definition) is 9. The molecule has 0 bridgehead atoms. The third-order valence-corrected chi connectivity index (χ3v) is 2.71. The molecule has 12 heteroatoms. The molecule has 0 aliphatic carbocycles. The molecule has 5 N–H and O–H groups in total. The quantitative estimate of drug-likeness (QED) is 0.373. The number of benzene rings is 1. The highest BCUT2D eigenvalue weighted by Crippen LogP contribution is 2.27. The predicted molar refractivity (Wildman–Crippen MR) is 85.6 cm³/mol. The van der Waals surface area contributed by atoms with E-state index in [4.69, 9.17) is 20.9 Å². The Morgan fingerprint density at radius 3 is 2.84 bits per heavy atom. The van der Waals surface area contributed by atoms with Crippen LogP contribution < -0.4 is 26.4 Å². The van der Waals surface area contributed by atoms with Crippen LogP contribution in [0.15, 0.2) is 23.3 Å². The van der Waals surface area contributed by atoms with Gasteiger partial charge in [-0.05, 0) is 29.0 Å². The van der Waals surface area contributed by atoms with Gasteiger partial charge in [-0.1, -0.05) is 5.10 Å². The fourth-order valence-corrected chi connectivity index (χ4v) is 1.70. The first-order valence-corrected chi connectivity index (χ1v) is 6.92. The second-order valence-electron chi connectivity index (χ2n) is 4.64. The molecule has 2 rings (SSSR count). The highest BCUT2D eigenvalue weighted by Gasteiger charge is 2.07. The first-order valence-electron chi connectivity index (χ1n) is 6.92. The van der Waals surface area contributed by atoms with Gasteiger partial charge in [0.1, 0.15) is 6.54 Å². The molecular formula is C13H16N8O4. The third kappa shape index (κ3) is 5.46. The Morgan fingerprint density at radius 2 is 2.20 bits per heavy atom. The summed E-state index contributed by atoms with van der Waals surface area (Å²) >= 11 is 0. The third-order valence-electron chi connectivity index (χ3n) is 2.71. The summed E-state index contributed by atoms with van der Waals surface area (Å²) in [7, 11) is 1.45. The van der Waals surface area contributed by atoms with Crippen molar-refractivity contribution in [3.05, 3.63) is 23.8 Å². The van der Waals surface area contributed by atoms with E-state index < -0.39 is 11.8 Å². The zero-order valence-electron chi connectivity index (χ0n) is 13.2. The van der Waals surface area contributed by atoms with E-state index in [2.05, 4.69) is 25.9 Å². The maximum Gasteiger partial charge on any atom is 0.263 e. The molecule has 0 aliphatic rings. The minimum atomic E-state index is -0.598. The van der Waals surface area contributed by atoms with E-state index in [9.17, 15) is 9.59 Å². The summed E-state index contributed by atoms with van der Waals surface area (Å²) in [5, 5.41) is 14.5. The molecule has 132 valence electrons. The minimum Gasteiger partial charge on any atom is -0.493 e. The summed E-state index contributed by atoms with van der Waals surface area (Å²) in [6.07, 6.45) is 1.40. The maximum atomic E-state index is 11.7. The number of nitrogens with one attached hydrogen (secondary N) is 1. The number of primary amides is 1. The SMILES string of the molecule is COc1cc(/C=N/NC(=O)Cn2nnc(N)n2)ccc1OCC(N)=O. The number of anilines is 1. The van der Waals surface area contributed by atoms with Crippen molar-refractivity contribution in [3.63, 3.8) is 0 Å². The van der Waals surface area contributed by atoms with E-state index in [0.717, 1.165) is 4.80 Å². The molecule has 2 amide bonds. The van der Waals surface area contributed by atoms with Crippen molar-refractivity contribution in [1.82, 2.24) is 25.6 Å². The Morgan fingerprint density at radius 1 is 1.40 bits per heavy atom. The van der Waals surface area contributed by atoms with Crippen LogP contribution in [0.2, 0.25) is 0 Å². The molecule has 0 saturated carbocycles. The number of rotatable bonds is 8. The van der Waals surface area contributed by atoms with Gasteiger partial charge in [0.15, 0.2) is 18.1 Å². The van der Waals surface area contributed by atoms with Crippen LogP contribution in [-0.2, 0) is 16.1 Å². The van der Waals surface area contributed by atoms with E-state index in [0.29, 0.717) is 17.1 Å². The van der Waals surface area contributed by atoms with E-state index in [-0.39, 0.29) is 19.1 Å². The number of ether oxygens (including phenoxy) is 2. The van der Waals surface area contributed by atoms with Crippen LogP contribution in [0.4, 0.5) is 5.95 Å². The Balaban J connectivity index is 1.93. The number of nitrogens with two attached hydrogens (primary N) is 2. The highest BCUT2D eigenvalue weighted by molar-refractivity contribution is 5.83. The van der Waals surface area contributed by atoms with Gasteiger partial charge < -0.3 is 20.9 Å². The van der Waals surface area contributed by atoms with Crippen LogP contribution in [0.5, 0.6) is 11.5 Å². The van der Waals surface area contributed by atoms with E-state index in [1.54, 1.807) is 18.2 Å². The zero-order valence-corrected chi connectivity index (χ0v) is 13.2. The molecule has 0 atom stereocenters. The van der Waals surface area contributed by atoms with Gasteiger partial charge in [0, 0.05) is 0 Å². The molecule has 25 heavy (non-hydrogen) atoms. The van der Waals surface area contributed by atoms with Crippen molar-refractivity contribution in [3.8, 4) is 11.5 Å². The number of nitrogens with zero attached hydrogens (tertiary/aromatic N) is 5. The van der Waals surface area contributed by atoms with Crippen LogP contribution in [-0.4, -0.2) is 52.0 Å². The Hall–Kier alpha value is -3.70. The van der Waals surface area contributed by atoms with Crippen LogP contribution in [0, 0.1) is 0 Å². The van der Waals surface area contributed by atoms with Gasteiger partial charge in [-0.25, -0.2) is 5.43 Å². The minimum absolute atomic E-state index is 0.0259. The summed E-state index contributed by atoms with van der Waals surface area (Å²) in [5.41, 5.74) is 13.3. The van der Waals surface area contributed by atoms with Crippen molar-refractivity contribution in [2.24, 2.45) is 10.8 Å². The Kier molecular flexibility index (Phi) is 5.81. The normalized spacial score (nSPS) is 10.6. The summed E-state index contributed by atoms with van der Waals surface area (Å²) in [4.78, 5) is 23.4. The molecule has 12 nitrogen and oxygen atoms in total. The van der Waals surface area contributed by atoms with Gasteiger partial charge >= 0.3 is 0 Å². The van der Waals surface area contributed by atoms with Gasteiger partial charge in [-0.2, -0.15) is 9.90 Å². The van der Waals surface area contributed by atoms with Crippen LogP contribution in [0.1, 0.15) is 5.56 Å². The van der Waals surface area contributed by atoms with Crippen molar-refractivity contribution in [2.75, 3.05) is 19.5 Å². The smallest absolute Gasteiger partial charge is 0.263 e.